The Morgan fingerprint density at radius 1 is 1.14 bits per heavy atom. The van der Waals surface area contributed by atoms with Gasteiger partial charge in [0.25, 0.3) is 0 Å². The Morgan fingerprint density at radius 3 is 2.46 bits per heavy atom. The summed E-state index contributed by atoms with van der Waals surface area (Å²) < 4.78 is 5.86. The highest BCUT2D eigenvalue weighted by Gasteiger charge is 2.32. The van der Waals surface area contributed by atoms with E-state index < -0.39 is 0 Å². The second-order valence-electron chi connectivity index (χ2n) is 8.42. The van der Waals surface area contributed by atoms with Crippen molar-refractivity contribution in [3.05, 3.63) is 35.9 Å². The largest absolute Gasteiger partial charge is 0.340 e. The van der Waals surface area contributed by atoms with Gasteiger partial charge in [0.1, 0.15) is 5.69 Å². The molecule has 150 valence electrons. The molecule has 2 aliphatic rings. The summed E-state index contributed by atoms with van der Waals surface area (Å²) in [4.78, 5) is 17.6. The SMILES string of the molecule is CC(C)N(Cc1c(-c2ccccc2)noc1N1CCCC1)C(=O)C1CCCC1. The predicted molar refractivity (Wildman–Crippen MR) is 111 cm³/mol. The molecule has 2 aromatic rings. The van der Waals surface area contributed by atoms with Gasteiger partial charge in [-0.05, 0) is 39.5 Å². The molecule has 1 aliphatic carbocycles. The molecule has 0 unspecified atom stereocenters. The van der Waals surface area contributed by atoms with Crippen LogP contribution in [-0.2, 0) is 11.3 Å². The molecule has 1 amide bonds. The monoisotopic (exact) mass is 381 g/mol. The van der Waals surface area contributed by atoms with Gasteiger partial charge < -0.3 is 14.3 Å². The Bertz CT molecular complexity index is 787. The second-order valence-corrected chi connectivity index (χ2v) is 8.42. The molecule has 5 nitrogen and oxygen atoms in total. The van der Waals surface area contributed by atoms with Crippen LogP contribution >= 0.6 is 0 Å². The maximum Gasteiger partial charge on any atom is 0.232 e. The number of benzene rings is 1. The molecule has 1 saturated carbocycles. The molecule has 1 aromatic heterocycles. The summed E-state index contributed by atoms with van der Waals surface area (Å²) in [6.07, 6.45) is 6.74. The third-order valence-electron chi connectivity index (χ3n) is 6.15. The van der Waals surface area contributed by atoms with Crippen molar-refractivity contribution in [1.29, 1.82) is 0 Å². The van der Waals surface area contributed by atoms with Crippen LogP contribution in [0, 0.1) is 5.92 Å². The molecule has 0 N–H and O–H groups in total. The van der Waals surface area contributed by atoms with Gasteiger partial charge in [0, 0.05) is 30.6 Å². The van der Waals surface area contributed by atoms with Crippen molar-refractivity contribution in [2.45, 2.75) is 65.0 Å². The lowest BCUT2D eigenvalue weighted by molar-refractivity contribution is -0.137. The second kappa shape index (κ2) is 8.38. The highest BCUT2D eigenvalue weighted by molar-refractivity contribution is 5.80. The van der Waals surface area contributed by atoms with E-state index in [-0.39, 0.29) is 12.0 Å². The lowest BCUT2D eigenvalue weighted by Gasteiger charge is -2.30. The van der Waals surface area contributed by atoms with Crippen molar-refractivity contribution in [3.8, 4) is 11.3 Å². The molecule has 0 radical (unpaired) electrons. The van der Waals surface area contributed by atoms with Gasteiger partial charge in [-0.25, -0.2) is 0 Å². The Labute approximate surface area is 167 Å². The molecule has 0 spiro atoms. The third kappa shape index (κ3) is 3.80. The zero-order chi connectivity index (χ0) is 19.5. The summed E-state index contributed by atoms with van der Waals surface area (Å²) >= 11 is 0. The Kier molecular flexibility index (Phi) is 5.69. The quantitative estimate of drug-likeness (QED) is 0.716. The highest BCUT2D eigenvalue weighted by Crippen LogP contribution is 2.35. The number of rotatable bonds is 6. The fraction of sp³-hybridized carbons (Fsp3) is 0.565. The fourth-order valence-electron chi connectivity index (χ4n) is 4.53. The first kappa shape index (κ1) is 19.0. The summed E-state index contributed by atoms with van der Waals surface area (Å²) in [5, 5.41) is 4.45. The summed E-state index contributed by atoms with van der Waals surface area (Å²) in [6.45, 7) is 6.77. The van der Waals surface area contributed by atoms with Crippen molar-refractivity contribution in [2.75, 3.05) is 18.0 Å². The first-order valence-corrected chi connectivity index (χ1v) is 10.7. The molecule has 0 atom stereocenters. The van der Waals surface area contributed by atoms with E-state index in [1.807, 2.05) is 23.1 Å². The molecule has 0 bridgehead atoms. The summed E-state index contributed by atoms with van der Waals surface area (Å²) in [7, 11) is 0. The third-order valence-corrected chi connectivity index (χ3v) is 6.15. The summed E-state index contributed by atoms with van der Waals surface area (Å²) in [6, 6.07) is 10.3. The van der Waals surface area contributed by atoms with Gasteiger partial charge in [-0.15, -0.1) is 0 Å². The number of carbonyl (C=O) groups excluding carboxylic acids is 1. The van der Waals surface area contributed by atoms with Crippen LogP contribution in [0.3, 0.4) is 0 Å². The number of aromatic nitrogens is 1. The van der Waals surface area contributed by atoms with Crippen LogP contribution in [0.1, 0.15) is 57.9 Å². The van der Waals surface area contributed by atoms with Crippen LogP contribution in [0.5, 0.6) is 0 Å². The average Bonchev–Trinajstić information content (AvgIpc) is 3.47. The molecule has 28 heavy (non-hydrogen) atoms. The van der Waals surface area contributed by atoms with Gasteiger partial charge in [-0.3, -0.25) is 4.79 Å². The summed E-state index contributed by atoms with van der Waals surface area (Å²) in [5.41, 5.74) is 2.96. The van der Waals surface area contributed by atoms with Gasteiger partial charge in [-0.2, -0.15) is 0 Å². The van der Waals surface area contributed by atoms with E-state index in [2.05, 4.69) is 36.0 Å². The molecular weight excluding hydrogens is 350 g/mol. The number of carbonyl (C=O) groups is 1. The van der Waals surface area contributed by atoms with Crippen molar-refractivity contribution in [1.82, 2.24) is 10.1 Å². The number of amides is 1. The van der Waals surface area contributed by atoms with Crippen LogP contribution in [-0.4, -0.2) is 35.1 Å². The minimum atomic E-state index is 0.151. The van der Waals surface area contributed by atoms with Crippen molar-refractivity contribution in [2.24, 2.45) is 5.92 Å². The van der Waals surface area contributed by atoms with Crippen LogP contribution in [0.15, 0.2) is 34.9 Å². The molecule has 1 aromatic carbocycles. The topological polar surface area (TPSA) is 49.6 Å². The Balaban J connectivity index is 1.69. The van der Waals surface area contributed by atoms with Crippen LogP contribution in [0.4, 0.5) is 5.88 Å². The molecule has 4 rings (SSSR count). The maximum atomic E-state index is 13.3. The van der Waals surface area contributed by atoms with E-state index in [1.54, 1.807) is 0 Å². The van der Waals surface area contributed by atoms with Crippen molar-refractivity contribution < 1.29 is 9.32 Å². The Morgan fingerprint density at radius 2 is 1.82 bits per heavy atom. The van der Waals surface area contributed by atoms with Crippen molar-refractivity contribution >= 4 is 11.8 Å². The zero-order valence-corrected chi connectivity index (χ0v) is 17.1. The van der Waals surface area contributed by atoms with E-state index in [0.29, 0.717) is 12.5 Å². The molecule has 1 aliphatic heterocycles. The zero-order valence-electron chi connectivity index (χ0n) is 17.1. The van der Waals surface area contributed by atoms with Gasteiger partial charge in [0.05, 0.1) is 12.1 Å². The van der Waals surface area contributed by atoms with E-state index in [4.69, 9.17) is 4.52 Å². The van der Waals surface area contributed by atoms with Crippen LogP contribution in [0.2, 0.25) is 0 Å². The first-order valence-electron chi connectivity index (χ1n) is 10.7. The lowest BCUT2D eigenvalue weighted by atomic mass is 10.0. The standard InChI is InChI=1S/C23H31N3O2/c1-17(2)26(22(27)19-12-6-7-13-19)16-20-21(18-10-4-3-5-11-18)24-28-23(20)25-14-8-9-15-25/h3-5,10-11,17,19H,6-9,12-16H2,1-2H3. The molecule has 1 saturated heterocycles. The first-order chi connectivity index (χ1) is 13.6. The number of hydrogen-bond donors (Lipinski definition) is 0. The molecule has 2 heterocycles. The summed E-state index contributed by atoms with van der Waals surface area (Å²) in [5.74, 6) is 1.32. The van der Waals surface area contributed by atoms with Gasteiger partial charge in [0.2, 0.25) is 11.8 Å². The van der Waals surface area contributed by atoms with Gasteiger partial charge in [-0.1, -0.05) is 48.3 Å². The van der Waals surface area contributed by atoms with Crippen LogP contribution in [0.25, 0.3) is 11.3 Å². The minimum Gasteiger partial charge on any atom is -0.340 e. The normalized spacial score (nSPS) is 17.6. The van der Waals surface area contributed by atoms with E-state index >= 15 is 0 Å². The lowest BCUT2D eigenvalue weighted by Crippen LogP contribution is -2.40. The number of hydrogen-bond acceptors (Lipinski definition) is 4. The predicted octanol–water partition coefficient (Wildman–Crippen LogP) is 4.87. The fourth-order valence-corrected chi connectivity index (χ4v) is 4.53. The van der Waals surface area contributed by atoms with Gasteiger partial charge in [0.15, 0.2) is 0 Å². The smallest absolute Gasteiger partial charge is 0.232 e. The van der Waals surface area contributed by atoms with Gasteiger partial charge >= 0.3 is 0 Å². The molecular formula is C23H31N3O2. The number of anilines is 1. The average molecular weight is 382 g/mol. The molecule has 5 heteroatoms. The molecule has 2 fully saturated rings. The maximum absolute atomic E-state index is 13.3. The highest BCUT2D eigenvalue weighted by atomic mass is 16.5. The van der Waals surface area contributed by atoms with Crippen molar-refractivity contribution in [3.63, 3.8) is 0 Å². The van der Waals surface area contributed by atoms with E-state index in [9.17, 15) is 4.79 Å². The van der Waals surface area contributed by atoms with Crippen LogP contribution < -0.4 is 4.90 Å². The number of nitrogens with zero attached hydrogens (tertiary/aromatic N) is 3. The van der Waals surface area contributed by atoms with E-state index in [0.717, 1.165) is 48.6 Å². The Hall–Kier alpha value is -2.30. The van der Waals surface area contributed by atoms with E-state index in [1.165, 1.54) is 25.7 Å². The minimum absolute atomic E-state index is 0.151.